The van der Waals surface area contributed by atoms with Crippen LogP contribution >= 0.6 is 11.6 Å². The van der Waals surface area contributed by atoms with E-state index in [1.807, 2.05) is 12.1 Å². The Labute approximate surface area is 131 Å². The van der Waals surface area contributed by atoms with Gasteiger partial charge in [0.2, 0.25) is 0 Å². The van der Waals surface area contributed by atoms with Crippen molar-refractivity contribution in [2.45, 2.75) is 12.5 Å². The van der Waals surface area contributed by atoms with E-state index in [1.165, 1.54) is 12.1 Å². The standard InChI is InChI=1S/C16H12ClNO4/c17-11-4-1-9(2-5-11)7-14-15(19)18-12-8-10(16(20)21)3-6-13(12)22-14/h1-6,8,14H,7H2,(H,18,19)(H,20,21). The van der Waals surface area contributed by atoms with E-state index in [0.29, 0.717) is 22.9 Å². The van der Waals surface area contributed by atoms with E-state index >= 15 is 0 Å². The van der Waals surface area contributed by atoms with Crippen molar-refractivity contribution < 1.29 is 19.4 Å². The lowest BCUT2D eigenvalue weighted by molar-refractivity contribution is -0.123. The molecule has 1 atom stereocenters. The normalized spacial score (nSPS) is 16.4. The molecule has 2 aromatic carbocycles. The van der Waals surface area contributed by atoms with Crippen LogP contribution in [0.5, 0.6) is 5.75 Å². The van der Waals surface area contributed by atoms with E-state index in [1.54, 1.807) is 18.2 Å². The van der Waals surface area contributed by atoms with Crippen molar-refractivity contribution >= 4 is 29.2 Å². The maximum atomic E-state index is 12.1. The average molecular weight is 318 g/mol. The van der Waals surface area contributed by atoms with Crippen LogP contribution in [0.15, 0.2) is 42.5 Å². The van der Waals surface area contributed by atoms with E-state index in [0.717, 1.165) is 5.56 Å². The Kier molecular flexibility index (Phi) is 3.73. The van der Waals surface area contributed by atoms with Gasteiger partial charge >= 0.3 is 5.97 Å². The lowest BCUT2D eigenvalue weighted by atomic mass is 10.1. The molecule has 1 unspecified atom stereocenters. The van der Waals surface area contributed by atoms with Crippen LogP contribution in [-0.2, 0) is 11.2 Å². The van der Waals surface area contributed by atoms with Gasteiger partial charge < -0.3 is 15.2 Å². The molecule has 1 aliphatic rings. The SMILES string of the molecule is O=C(O)c1ccc2c(c1)NC(=O)C(Cc1ccc(Cl)cc1)O2. The van der Waals surface area contributed by atoms with Gasteiger partial charge in [0, 0.05) is 11.4 Å². The molecule has 22 heavy (non-hydrogen) atoms. The molecule has 2 aromatic rings. The number of carbonyl (C=O) groups is 2. The number of ether oxygens (including phenoxy) is 1. The van der Waals surface area contributed by atoms with E-state index < -0.39 is 12.1 Å². The first-order valence-corrected chi connectivity index (χ1v) is 7.00. The Morgan fingerprint density at radius 2 is 1.95 bits per heavy atom. The van der Waals surface area contributed by atoms with Crippen molar-refractivity contribution in [2.75, 3.05) is 5.32 Å². The highest BCUT2D eigenvalue weighted by Gasteiger charge is 2.28. The molecular formula is C16H12ClNO4. The summed E-state index contributed by atoms with van der Waals surface area (Å²) in [4.78, 5) is 23.0. The zero-order valence-corrected chi connectivity index (χ0v) is 12.1. The number of nitrogens with one attached hydrogen (secondary N) is 1. The second-order valence-corrected chi connectivity index (χ2v) is 5.38. The predicted octanol–water partition coefficient (Wildman–Crippen LogP) is 2.98. The fourth-order valence-corrected chi connectivity index (χ4v) is 2.38. The first kappa shape index (κ1) is 14.4. The Morgan fingerprint density at radius 3 is 2.64 bits per heavy atom. The predicted molar refractivity (Wildman–Crippen MR) is 81.6 cm³/mol. The monoisotopic (exact) mass is 317 g/mol. The summed E-state index contributed by atoms with van der Waals surface area (Å²) in [6.45, 7) is 0. The maximum absolute atomic E-state index is 12.1. The smallest absolute Gasteiger partial charge is 0.335 e. The number of carbonyl (C=O) groups excluding carboxylic acids is 1. The minimum atomic E-state index is -1.06. The van der Waals surface area contributed by atoms with Gasteiger partial charge in [-0.25, -0.2) is 4.79 Å². The first-order valence-electron chi connectivity index (χ1n) is 6.62. The summed E-state index contributed by atoms with van der Waals surface area (Å²) in [7, 11) is 0. The third-order valence-corrected chi connectivity index (χ3v) is 3.63. The molecule has 0 saturated carbocycles. The maximum Gasteiger partial charge on any atom is 0.335 e. The van der Waals surface area contributed by atoms with Gasteiger partial charge in [0.1, 0.15) is 5.75 Å². The molecule has 1 amide bonds. The Balaban J connectivity index is 1.80. The molecule has 0 saturated heterocycles. The average Bonchev–Trinajstić information content (AvgIpc) is 2.49. The Morgan fingerprint density at radius 1 is 1.23 bits per heavy atom. The van der Waals surface area contributed by atoms with Crippen molar-refractivity contribution in [1.82, 2.24) is 0 Å². The minimum absolute atomic E-state index is 0.0961. The number of benzene rings is 2. The van der Waals surface area contributed by atoms with E-state index in [-0.39, 0.29) is 11.5 Å². The van der Waals surface area contributed by atoms with E-state index in [2.05, 4.69) is 5.32 Å². The van der Waals surface area contributed by atoms with Crippen molar-refractivity contribution in [1.29, 1.82) is 0 Å². The molecule has 5 nitrogen and oxygen atoms in total. The van der Waals surface area contributed by atoms with Crippen LogP contribution in [0.2, 0.25) is 5.02 Å². The number of carboxylic acids is 1. The summed E-state index contributed by atoms with van der Waals surface area (Å²) in [5, 5.41) is 12.3. The first-order chi connectivity index (χ1) is 10.5. The summed E-state index contributed by atoms with van der Waals surface area (Å²) in [5.74, 6) is -0.895. The highest BCUT2D eigenvalue weighted by atomic mass is 35.5. The zero-order chi connectivity index (χ0) is 15.7. The quantitative estimate of drug-likeness (QED) is 0.912. The summed E-state index contributed by atoms with van der Waals surface area (Å²) < 4.78 is 5.68. The lowest BCUT2D eigenvalue weighted by Gasteiger charge is -2.26. The molecule has 1 aliphatic heterocycles. The molecule has 0 spiro atoms. The molecule has 0 bridgehead atoms. The Hall–Kier alpha value is -2.53. The summed E-state index contributed by atoms with van der Waals surface area (Å²) >= 11 is 5.83. The van der Waals surface area contributed by atoms with Gasteiger partial charge in [-0.1, -0.05) is 23.7 Å². The number of anilines is 1. The second kappa shape index (κ2) is 5.69. The van der Waals surface area contributed by atoms with Crippen LogP contribution in [0.25, 0.3) is 0 Å². The molecule has 2 N–H and O–H groups in total. The van der Waals surface area contributed by atoms with Crippen molar-refractivity contribution in [3.05, 3.63) is 58.6 Å². The zero-order valence-electron chi connectivity index (χ0n) is 11.4. The fraction of sp³-hybridized carbons (Fsp3) is 0.125. The molecule has 0 aliphatic carbocycles. The summed E-state index contributed by atoms with van der Waals surface area (Å²) in [6.07, 6.45) is -0.257. The van der Waals surface area contributed by atoms with Crippen LogP contribution < -0.4 is 10.1 Å². The number of aromatic carboxylic acids is 1. The number of rotatable bonds is 3. The van der Waals surface area contributed by atoms with Gasteiger partial charge in [0.15, 0.2) is 6.10 Å². The molecule has 0 radical (unpaired) electrons. The highest BCUT2D eigenvalue weighted by molar-refractivity contribution is 6.30. The molecule has 0 aromatic heterocycles. The van der Waals surface area contributed by atoms with Gasteiger partial charge in [0.25, 0.3) is 5.91 Å². The number of hydrogen-bond acceptors (Lipinski definition) is 3. The van der Waals surface area contributed by atoms with E-state index in [4.69, 9.17) is 21.4 Å². The minimum Gasteiger partial charge on any atom is -0.478 e. The van der Waals surface area contributed by atoms with Gasteiger partial charge in [-0.05, 0) is 35.9 Å². The van der Waals surface area contributed by atoms with Gasteiger partial charge in [-0.2, -0.15) is 0 Å². The number of amides is 1. The lowest BCUT2D eigenvalue weighted by Crippen LogP contribution is -2.38. The van der Waals surface area contributed by atoms with Crippen molar-refractivity contribution in [3.8, 4) is 5.75 Å². The highest BCUT2D eigenvalue weighted by Crippen LogP contribution is 2.31. The Bertz CT molecular complexity index is 742. The van der Waals surface area contributed by atoms with Crippen LogP contribution in [0.1, 0.15) is 15.9 Å². The van der Waals surface area contributed by atoms with Crippen molar-refractivity contribution in [3.63, 3.8) is 0 Å². The molecule has 3 rings (SSSR count). The van der Waals surface area contributed by atoms with Crippen LogP contribution in [0.4, 0.5) is 5.69 Å². The third-order valence-electron chi connectivity index (χ3n) is 3.38. The van der Waals surface area contributed by atoms with Crippen molar-refractivity contribution in [2.24, 2.45) is 0 Å². The van der Waals surface area contributed by atoms with Crippen LogP contribution in [0.3, 0.4) is 0 Å². The number of carboxylic acid groups (broad SMARTS) is 1. The van der Waals surface area contributed by atoms with Crippen LogP contribution in [0, 0.1) is 0 Å². The number of halogens is 1. The largest absolute Gasteiger partial charge is 0.478 e. The fourth-order valence-electron chi connectivity index (χ4n) is 2.25. The van der Waals surface area contributed by atoms with Gasteiger partial charge in [0.05, 0.1) is 11.3 Å². The number of fused-ring (bicyclic) bond motifs is 1. The molecule has 112 valence electrons. The molecular weight excluding hydrogens is 306 g/mol. The van der Waals surface area contributed by atoms with E-state index in [9.17, 15) is 9.59 Å². The third kappa shape index (κ3) is 2.89. The van der Waals surface area contributed by atoms with Gasteiger partial charge in [-0.3, -0.25) is 4.79 Å². The van der Waals surface area contributed by atoms with Crippen LogP contribution in [-0.4, -0.2) is 23.1 Å². The molecule has 0 fully saturated rings. The topological polar surface area (TPSA) is 75.6 Å². The molecule has 6 heteroatoms. The summed E-state index contributed by atoms with van der Waals surface area (Å²) in [6, 6.07) is 11.6. The van der Waals surface area contributed by atoms with Gasteiger partial charge in [-0.15, -0.1) is 0 Å². The summed E-state index contributed by atoms with van der Waals surface area (Å²) in [5.41, 5.74) is 1.39. The molecule has 1 heterocycles. The number of hydrogen-bond donors (Lipinski definition) is 2. The second-order valence-electron chi connectivity index (χ2n) is 4.94.